The van der Waals surface area contributed by atoms with Crippen molar-refractivity contribution in [1.29, 1.82) is 0 Å². The first-order valence-electron chi connectivity index (χ1n) is 8.11. The summed E-state index contributed by atoms with van der Waals surface area (Å²) < 4.78 is 29.3. The molecule has 24 heavy (non-hydrogen) atoms. The molecule has 0 N–H and O–H groups in total. The minimum atomic E-state index is -2.93. The fourth-order valence-corrected chi connectivity index (χ4v) is 3.78. The number of aryl methyl sites for hydroxylation is 1. The zero-order chi connectivity index (χ0) is 18.0. The smallest absolute Gasteiger partial charge is 0.286 e. The normalized spacial score (nSPS) is 20.3. The van der Waals surface area contributed by atoms with Crippen LogP contribution in [0.3, 0.4) is 0 Å². The molecule has 0 fully saturated rings. The van der Waals surface area contributed by atoms with Crippen LogP contribution in [0.1, 0.15) is 51.6 Å². The van der Waals surface area contributed by atoms with Crippen LogP contribution in [0.5, 0.6) is 0 Å². The summed E-state index contributed by atoms with van der Waals surface area (Å²) in [6.07, 6.45) is 2.06. The molecule has 2 aliphatic heterocycles. The number of aromatic nitrogens is 2. The average molecular weight is 334 g/mol. The average Bonchev–Trinajstić information content (AvgIpc) is 2.86. The fraction of sp³-hybridized carbons (Fsp3) is 0.556. The van der Waals surface area contributed by atoms with Gasteiger partial charge in [-0.3, -0.25) is 9.67 Å². The van der Waals surface area contributed by atoms with Crippen LogP contribution in [0.2, 0.25) is 0 Å². The van der Waals surface area contributed by atoms with Crippen molar-refractivity contribution in [1.82, 2.24) is 14.7 Å². The molecule has 0 bridgehead atoms. The van der Waals surface area contributed by atoms with Gasteiger partial charge in [0.25, 0.3) is 5.92 Å². The molecule has 0 saturated carbocycles. The van der Waals surface area contributed by atoms with Gasteiger partial charge in [0, 0.05) is 26.1 Å². The predicted molar refractivity (Wildman–Crippen MR) is 92.1 cm³/mol. The van der Waals surface area contributed by atoms with Gasteiger partial charge in [-0.1, -0.05) is 6.08 Å². The quantitative estimate of drug-likeness (QED) is 0.818. The molecule has 0 unspecified atom stereocenters. The highest BCUT2D eigenvalue weighted by atomic mass is 19.3. The summed E-state index contributed by atoms with van der Waals surface area (Å²) in [7, 11) is 1.58. The lowest BCUT2D eigenvalue weighted by Gasteiger charge is -2.30. The van der Waals surface area contributed by atoms with E-state index in [-0.39, 0.29) is 11.2 Å². The summed E-state index contributed by atoms with van der Waals surface area (Å²) in [5.74, 6) is -2.02. The largest absolute Gasteiger partial charge is 0.322 e. The molecule has 0 aliphatic carbocycles. The summed E-state index contributed by atoms with van der Waals surface area (Å²) in [5.41, 5.74) is 3.89. The molecular weight excluding hydrogens is 310 g/mol. The molecule has 0 aromatic carbocycles. The Morgan fingerprint density at radius 3 is 2.38 bits per heavy atom. The van der Waals surface area contributed by atoms with Crippen LogP contribution in [0, 0.1) is 6.92 Å². The lowest BCUT2D eigenvalue weighted by Crippen LogP contribution is -2.34. The third kappa shape index (κ3) is 2.48. The third-order valence-corrected chi connectivity index (χ3v) is 4.56. The highest BCUT2D eigenvalue weighted by Crippen LogP contribution is 2.40. The van der Waals surface area contributed by atoms with Crippen LogP contribution in [0.15, 0.2) is 22.2 Å². The Balaban J connectivity index is 2.20. The van der Waals surface area contributed by atoms with Crippen LogP contribution in [-0.2, 0) is 13.0 Å². The van der Waals surface area contributed by atoms with Crippen LogP contribution in [-0.4, -0.2) is 32.6 Å². The van der Waals surface area contributed by atoms with Crippen molar-refractivity contribution < 1.29 is 8.78 Å². The number of aliphatic imine (C=N–C) groups is 1. The Hall–Kier alpha value is -1.98. The van der Waals surface area contributed by atoms with Gasteiger partial charge in [0.2, 0.25) is 0 Å². The second-order valence-electron chi connectivity index (χ2n) is 7.53. The first-order chi connectivity index (χ1) is 10.9. The zero-order valence-corrected chi connectivity index (χ0v) is 15.3. The van der Waals surface area contributed by atoms with Gasteiger partial charge in [0.15, 0.2) is 0 Å². The topological polar surface area (TPSA) is 33.4 Å². The third-order valence-electron chi connectivity index (χ3n) is 4.56. The van der Waals surface area contributed by atoms with Gasteiger partial charge in [0.1, 0.15) is 17.2 Å². The van der Waals surface area contributed by atoms with E-state index in [1.807, 2.05) is 13.8 Å². The van der Waals surface area contributed by atoms with Crippen LogP contribution in [0.25, 0.3) is 5.70 Å². The summed E-state index contributed by atoms with van der Waals surface area (Å²) in [6, 6.07) is 0. The molecule has 1 aromatic heterocycles. The standard InChI is InChI=1S/C18H24F2N4/c1-10-8-11(2)16-21-17(4,5)9-24(16)14(10)13-12(3)15(18(6,19)20)23(7)22-13/h8H,9H2,1-7H3. The second-order valence-corrected chi connectivity index (χ2v) is 7.53. The van der Waals surface area contributed by atoms with Crippen molar-refractivity contribution in [3.8, 4) is 0 Å². The molecule has 6 heteroatoms. The number of fused-ring (bicyclic) bond motifs is 1. The molecule has 0 atom stereocenters. The van der Waals surface area contributed by atoms with E-state index in [0.29, 0.717) is 17.8 Å². The molecule has 3 rings (SSSR count). The number of halogens is 2. The maximum Gasteiger partial charge on any atom is 0.286 e. The molecule has 0 spiro atoms. The van der Waals surface area contributed by atoms with Crippen LogP contribution >= 0.6 is 0 Å². The molecule has 0 amide bonds. The number of nitrogens with zero attached hydrogens (tertiary/aromatic N) is 4. The van der Waals surface area contributed by atoms with E-state index in [0.717, 1.165) is 29.6 Å². The van der Waals surface area contributed by atoms with Crippen molar-refractivity contribution in [2.24, 2.45) is 12.0 Å². The van der Waals surface area contributed by atoms with Crippen molar-refractivity contribution >= 4 is 11.5 Å². The molecule has 4 nitrogen and oxygen atoms in total. The van der Waals surface area contributed by atoms with Gasteiger partial charge in [-0.05, 0) is 45.8 Å². The van der Waals surface area contributed by atoms with E-state index in [1.165, 1.54) is 4.68 Å². The second kappa shape index (κ2) is 5.01. The lowest BCUT2D eigenvalue weighted by molar-refractivity contribution is 0.00818. The predicted octanol–water partition coefficient (Wildman–Crippen LogP) is 4.02. The van der Waals surface area contributed by atoms with E-state index < -0.39 is 5.92 Å². The van der Waals surface area contributed by atoms with Crippen molar-refractivity contribution in [3.63, 3.8) is 0 Å². The van der Waals surface area contributed by atoms with Gasteiger partial charge in [-0.15, -0.1) is 0 Å². The fourth-order valence-electron chi connectivity index (χ4n) is 3.78. The Labute approximate surface area is 141 Å². The molecule has 0 radical (unpaired) electrons. The molecule has 130 valence electrons. The Morgan fingerprint density at radius 2 is 1.83 bits per heavy atom. The molecule has 1 aromatic rings. The number of hydrogen-bond acceptors (Lipinski definition) is 3. The van der Waals surface area contributed by atoms with Gasteiger partial charge in [0.05, 0.1) is 11.2 Å². The monoisotopic (exact) mass is 334 g/mol. The zero-order valence-electron chi connectivity index (χ0n) is 15.3. The van der Waals surface area contributed by atoms with Gasteiger partial charge in [-0.25, -0.2) is 0 Å². The van der Waals surface area contributed by atoms with E-state index in [1.54, 1.807) is 14.0 Å². The molecule has 2 aliphatic rings. The van der Waals surface area contributed by atoms with Crippen molar-refractivity contribution in [2.75, 3.05) is 6.54 Å². The first-order valence-corrected chi connectivity index (χ1v) is 8.11. The number of rotatable bonds is 2. The summed E-state index contributed by atoms with van der Waals surface area (Å²) >= 11 is 0. The minimum absolute atomic E-state index is 0.0407. The Bertz CT molecular complexity index is 804. The maximum absolute atomic E-state index is 14.0. The first kappa shape index (κ1) is 16.9. The summed E-state index contributed by atoms with van der Waals surface area (Å²) in [6.45, 7) is 11.5. The summed E-state index contributed by atoms with van der Waals surface area (Å²) in [4.78, 5) is 6.92. The van der Waals surface area contributed by atoms with Crippen LogP contribution < -0.4 is 0 Å². The summed E-state index contributed by atoms with van der Waals surface area (Å²) in [5, 5.41) is 4.44. The Morgan fingerprint density at radius 1 is 1.21 bits per heavy atom. The van der Waals surface area contributed by atoms with Crippen molar-refractivity contribution in [3.05, 3.63) is 34.2 Å². The SMILES string of the molecule is CC1=CC(C)=C(c2nn(C)c(C(C)(F)F)c2C)N2CC(C)(C)N=C12. The van der Waals surface area contributed by atoms with Crippen molar-refractivity contribution in [2.45, 2.75) is 53.0 Å². The van der Waals surface area contributed by atoms with Crippen LogP contribution in [0.4, 0.5) is 8.78 Å². The molecular formula is C18H24F2N4. The minimum Gasteiger partial charge on any atom is -0.322 e. The highest BCUT2D eigenvalue weighted by Gasteiger charge is 2.40. The maximum atomic E-state index is 14.0. The lowest BCUT2D eigenvalue weighted by atomic mass is 9.98. The van der Waals surface area contributed by atoms with Gasteiger partial charge in [-0.2, -0.15) is 13.9 Å². The van der Waals surface area contributed by atoms with Gasteiger partial charge < -0.3 is 4.90 Å². The van der Waals surface area contributed by atoms with E-state index in [4.69, 9.17) is 4.99 Å². The number of amidine groups is 1. The van der Waals surface area contributed by atoms with Gasteiger partial charge >= 0.3 is 0 Å². The number of alkyl halides is 2. The number of allylic oxidation sites excluding steroid dienone is 2. The highest BCUT2D eigenvalue weighted by molar-refractivity contribution is 6.07. The van der Waals surface area contributed by atoms with E-state index in [2.05, 4.69) is 29.9 Å². The Kier molecular flexibility index (Phi) is 3.52. The molecule has 0 saturated heterocycles. The van der Waals surface area contributed by atoms with E-state index in [9.17, 15) is 8.78 Å². The molecule has 3 heterocycles. The van der Waals surface area contributed by atoms with E-state index >= 15 is 0 Å². The number of hydrogen-bond donors (Lipinski definition) is 0.